The first-order chi connectivity index (χ1) is 8.21. The molecule has 1 fully saturated rings. The summed E-state index contributed by atoms with van der Waals surface area (Å²) in [5.41, 5.74) is 0.990. The van der Waals surface area contributed by atoms with E-state index in [2.05, 4.69) is 36.4 Å². The number of aryl methyl sites for hydroxylation is 1. The van der Waals surface area contributed by atoms with Gasteiger partial charge < -0.3 is 10.1 Å². The first kappa shape index (κ1) is 12.5. The van der Waals surface area contributed by atoms with Crippen LogP contribution in [0.1, 0.15) is 45.3 Å². The van der Waals surface area contributed by atoms with E-state index >= 15 is 0 Å². The monoisotopic (exact) mass is 238 g/mol. The van der Waals surface area contributed by atoms with Gasteiger partial charge in [0.2, 0.25) is 0 Å². The molecule has 1 aliphatic rings. The minimum Gasteiger partial charge on any atom is -0.373 e. The first-order valence-electron chi connectivity index (χ1n) is 6.47. The minimum atomic E-state index is -0.134. The Hall–Kier alpha value is -0.940. The molecule has 0 bridgehead atoms. The molecule has 2 heterocycles. The summed E-state index contributed by atoms with van der Waals surface area (Å²) in [5.74, 6) is 0. The van der Waals surface area contributed by atoms with Crippen LogP contribution in [0.2, 0.25) is 0 Å². The summed E-state index contributed by atoms with van der Waals surface area (Å²) in [6, 6.07) is 0.171. The molecule has 2 rings (SSSR count). The Kier molecular flexibility index (Phi) is 3.79. The molecule has 0 saturated carbocycles. The number of ether oxygens (including phenoxy) is 1. The Morgan fingerprint density at radius 1 is 1.59 bits per heavy atom. The van der Waals surface area contributed by atoms with E-state index in [0.29, 0.717) is 0 Å². The highest BCUT2D eigenvalue weighted by Crippen LogP contribution is 2.36. The second-order valence-electron chi connectivity index (χ2n) is 4.73. The number of rotatable bonds is 5. The normalized spacial score (nSPS) is 26.3. The van der Waals surface area contributed by atoms with E-state index in [1.165, 1.54) is 0 Å². The van der Waals surface area contributed by atoms with Gasteiger partial charge in [0.05, 0.1) is 23.5 Å². The van der Waals surface area contributed by atoms with E-state index < -0.39 is 0 Å². The third kappa shape index (κ3) is 2.35. The molecule has 2 atom stereocenters. The average Bonchev–Trinajstić information content (AvgIpc) is 2.95. The van der Waals surface area contributed by atoms with E-state index in [9.17, 15) is 0 Å². The molecule has 96 valence electrons. The lowest BCUT2D eigenvalue weighted by atomic mass is 9.90. The van der Waals surface area contributed by atoms with Crippen molar-refractivity contribution in [3.05, 3.63) is 11.9 Å². The van der Waals surface area contributed by atoms with Crippen molar-refractivity contribution >= 4 is 0 Å². The summed E-state index contributed by atoms with van der Waals surface area (Å²) in [6.45, 7) is 8.99. The molecule has 5 heteroatoms. The zero-order valence-electron chi connectivity index (χ0n) is 10.9. The molecule has 1 aromatic heterocycles. The smallest absolute Gasteiger partial charge is 0.0865 e. The Balaban J connectivity index is 2.28. The van der Waals surface area contributed by atoms with Crippen LogP contribution in [0, 0.1) is 0 Å². The lowest BCUT2D eigenvalue weighted by Crippen LogP contribution is -2.42. The van der Waals surface area contributed by atoms with Crippen LogP contribution in [0.15, 0.2) is 6.20 Å². The largest absolute Gasteiger partial charge is 0.373 e. The van der Waals surface area contributed by atoms with Gasteiger partial charge in [-0.1, -0.05) is 12.1 Å². The summed E-state index contributed by atoms with van der Waals surface area (Å²) >= 11 is 0. The highest BCUT2D eigenvalue weighted by atomic mass is 16.5. The Bertz CT molecular complexity index is 357. The molecule has 1 aliphatic heterocycles. The molecule has 0 aromatic carbocycles. The predicted octanol–water partition coefficient (Wildman–Crippen LogP) is 1.52. The third-order valence-corrected chi connectivity index (χ3v) is 3.51. The maximum Gasteiger partial charge on any atom is 0.0865 e. The van der Waals surface area contributed by atoms with Crippen molar-refractivity contribution < 1.29 is 4.74 Å². The van der Waals surface area contributed by atoms with Crippen LogP contribution in [-0.4, -0.2) is 33.7 Å². The van der Waals surface area contributed by atoms with Crippen LogP contribution < -0.4 is 5.32 Å². The lowest BCUT2D eigenvalue weighted by Gasteiger charge is -2.33. The second kappa shape index (κ2) is 5.14. The van der Waals surface area contributed by atoms with Crippen LogP contribution in [0.4, 0.5) is 0 Å². The van der Waals surface area contributed by atoms with Gasteiger partial charge in [-0.3, -0.25) is 0 Å². The molecule has 1 N–H and O–H groups in total. The summed E-state index contributed by atoms with van der Waals surface area (Å²) in [5, 5.41) is 11.6. The molecule has 1 saturated heterocycles. The van der Waals surface area contributed by atoms with Gasteiger partial charge in [0.1, 0.15) is 0 Å². The Morgan fingerprint density at radius 3 is 3.00 bits per heavy atom. The van der Waals surface area contributed by atoms with Crippen molar-refractivity contribution in [2.24, 2.45) is 0 Å². The van der Waals surface area contributed by atoms with Crippen molar-refractivity contribution in [2.45, 2.75) is 51.8 Å². The fourth-order valence-electron chi connectivity index (χ4n) is 2.60. The van der Waals surface area contributed by atoms with E-state index in [1.54, 1.807) is 0 Å². The van der Waals surface area contributed by atoms with Crippen molar-refractivity contribution in [3.63, 3.8) is 0 Å². The topological polar surface area (TPSA) is 52.0 Å². The van der Waals surface area contributed by atoms with Gasteiger partial charge in [-0.2, -0.15) is 0 Å². The molecule has 0 radical (unpaired) electrons. The van der Waals surface area contributed by atoms with Crippen LogP contribution >= 0.6 is 0 Å². The first-order valence-corrected chi connectivity index (χ1v) is 6.47. The van der Waals surface area contributed by atoms with Gasteiger partial charge in [0.25, 0.3) is 0 Å². The highest BCUT2D eigenvalue weighted by Gasteiger charge is 2.40. The van der Waals surface area contributed by atoms with Crippen molar-refractivity contribution in [1.82, 2.24) is 20.3 Å². The van der Waals surface area contributed by atoms with Crippen molar-refractivity contribution in [3.8, 4) is 0 Å². The average molecular weight is 238 g/mol. The van der Waals surface area contributed by atoms with Gasteiger partial charge in [-0.25, -0.2) is 4.68 Å². The van der Waals surface area contributed by atoms with Crippen LogP contribution in [0.3, 0.4) is 0 Å². The number of hydrogen-bond donors (Lipinski definition) is 1. The van der Waals surface area contributed by atoms with Crippen molar-refractivity contribution in [1.29, 1.82) is 0 Å². The van der Waals surface area contributed by atoms with Gasteiger partial charge in [0, 0.05) is 13.2 Å². The number of aromatic nitrogens is 3. The van der Waals surface area contributed by atoms with E-state index in [1.807, 2.05) is 10.9 Å². The third-order valence-electron chi connectivity index (χ3n) is 3.51. The Labute approximate surface area is 103 Å². The predicted molar refractivity (Wildman–Crippen MR) is 65.7 cm³/mol. The van der Waals surface area contributed by atoms with E-state index in [0.717, 1.165) is 38.2 Å². The van der Waals surface area contributed by atoms with Gasteiger partial charge in [0.15, 0.2) is 0 Å². The fraction of sp³-hybridized carbons (Fsp3) is 0.833. The molecule has 0 spiro atoms. The summed E-state index contributed by atoms with van der Waals surface area (Å²) < 4.78 is 7.89. The summed E-state index contributed by atoms with van der Waals surface area (Å²) in [4.78, 5) is 0. The van der Waals surface area contributed by atoms with E-state index in [4.69, 9.17) is 4.74 Å². The maximum atomic E-state index is 5.95. The number of nitrogens with zero attached hydrogens (tertiary/aromatic N) is 3. The number of nitrogens with one attached hydrogen (secondary N) is 1. The quantitative estimate of drug-likeness (QED) is 0.845. The molecule has 5 nitrogen and oxygen atoms in total. The Morgan fingerprint density at radius 2 is 2.41 bits per heavy atom. The number of hydrogen-bond acceptors (Lipinski definition) is 4. The van der Waals surface area contributed by atoms with Crippen LogP contribution in [0.25, 0.3) is 0 Å². The molecule has 2 unspecified atom stereocenters. The van der Waals surface area contributed by atoms with Crippen LogP contribution in [0.5, 0.6) is 0 Å². The second-order valence-corrected chi connectivity index (χ2v) is 4.73. The van der Waals surface area contributed by atoms with Crippen molar-refractivity contribution in [2.75, 3.05) is 13.2 Å². The van der Waals surface area contributed by atoms with Gasteiger partial charge in [-0.15, -0.1) is 5.10 Å². The van der Waals surface area contributed by atoms with Crippen LogP contribution in [-0.2, 0) is 11.3 Å². The number of likely N-dealkylation sites (N-methyl/N-ethyl adjacent to an activating group) is 1. The summed E-state index contributed by atoms with van der Waals surface area (Å²) in [7, 11) is 0. The van der Waals surface area contributed by atoms with E-state index in [-0.39, 0.29) is 11.6 Å². The molecule has 0 amide bonds. The molecule has 0 aliphatic carbocycles. The standard InChI is InChI=1S/C12H22N4O/c1-4-13-11(12(3)7-6-8-17-12)10-9-14-15-16(10)5-2/h9,11,13H,4-8H2,1-3H3. The molecule has 17 heavy (non-hydrogen) atoms. The highest BCUT2D eigenvalue weighted by molar-refractivity contribution is 5.10. The molecular formula is C12H22N4O. The molecular weight excluding hydrogens is 216 g/mol. The lowest BCUT2D eigenvalue weighted by molar-refractivity contribution is -0.0144. The zero-order chi connectivity index (χ0) is 12.3. The SMILES string of the molecule is CCNC(c1cnnn1CC)C1(C)CCCO1. The summed E-state index contributed by atoms with van der Waals surface area (Å²) in [6.07, 6.45) is 4.06. The van der Waals surface area contributed by atoms with Gasteiger partial charge >= 0.3 is 0 Å². The zero-order valence-corrected chi connectivity index (χ0v) is 10.9. The molecule has 1 aromatic rings. The van der Waals surface area contributed by atoms with Gasteiger partial charge in [-0.05, 0) is 33.2 Å². The minimum absolute atomic E-state index is 0.134. The maximum absolute atomic E-state index is 5.95. The fourth-order valence-corrected chi connectivity index (χ4v) is 2.60.